The summed E-state index contributed by atoms with van der Waals surface area (Å²) in [6, 6.07) is 18.3. The molecule has 26 heavy (non-hydrogen) atoms. The zero-order valence-electron chi connectivity index (χ0n) is 14.9. The molecule has 1 amide bonds. The Morgan fingerprint density at radius 3 is 2.69 bits per heavy atom. The topological polar surface area (TPSA) is 61.8 Å². The number of methoxy groups -OCH3 is 1. The minimum Gasteiger partial charge on any atom is -0.465 e. The van der Waals surface area contributed by atoms with Gasteiger partial charge < -0.3 is 20.1 Å². The van der Waals surface area contributed by atoms with Crippen LogP contribution in [-0.2, 0) is 11.2 Å². The number of para-hydroxylation sites is 1. The molecule has 0 aromatic heterocycles. The van der Waals surface area contributed by atoms with Gasteiger partial charge in [0.25, 0.3) is 0 Å². The number of nitrogens with zero attached hydrogens (tertiary/aromatic N) is 1. The maximum atomic E-state index is 11.9. The van der Waals surface area contributed by atoms with Crippen molar-refractivity contribution in [3.63, 3.8) is 0 Å². The SMILES string of the molecule is COCC1(Cc2ccccc2)Nc2ccccc2C2C1CCN2C(=O)O. The molecule has 136 valence electrons. The smallest absolute Gasteiger partial charge is 0.407 e. The van der Waals surface area contributed by atoms with Crippen LogP contribution in [0.1, 0.15) is 23.6 Å². The molecular weight excluding hydrogens is 328 g/mol. The van der Waals surface area contributed by atoms with E-state index in [2.05, 4.69) is 17.4 Å². The number of likely N-dealkylation sites (tertiary alicyclic amines) is 1. The van der Waals surface area contributed by atoms with E-state index in [1.165, 1.54) is 5.56 Å². The zero-order valence-corrected chi connectivity index (χ0v) is 14.9. The van der Waals surface area contributed by atoms with Crippen molar-refractivity contribution in [1.82, 2.24) is 4.90 Å². The van der Waals surface area contributed by atoms with Crippen molar-refractivity contribution in [3.05, 3.63) is 65.7 Å². The zero-order chi connectivity index (χ0) is 18.1. The van der Waals surface area contributed by atoms with Crippen molar-refractivity contribution >= 4 is 11.8 Å². The highest BCUT2D eigenvalue weighted by Gasteiger charge is 2.53. The first-order valence-electron chi connectivity index (χ1n) is 9.04. The number of fused-ring (bicyclic) bond motifs is 3. The molecule has 4 rings (SSSR count). The molecule has 0 aliphatic carbocycles. The second kappa shape index (κ2) is 6.65. The fraction of sp³-hybridized carbons (Fsp3) is 0.381. The van der Waals surface area contributed by atoms with Crippen molar-refractivity contribution in [2.24, 2.45) is 5.92 Å². The van der Waals surface area contributed by atoms with Gasteiger partial charge in [0.2, 0.25) is 0 Å². The summed E-state index contributed by atoms with van der Waals surface area (Å²) in [7, 11) is 1.72. The predicted molar refractivity (Wildman–Crippen MR) is 100 cm³/mol. The molecule has 2 aromatic rings. The first-order chi connectivity index (χ1) is 12.6. The fourth-order valence-corrected chi connectivity index (χ4v) is 4.79. The summed E-state index contributed by atoms with van der Waals surface area (Å²) in [6.07, 6.45) is 0.777. The largest absolute Gasteiger partial charge is 0.465 e. The molecule has 1 fully saturated rings. The monoisotopic (exact) mass is 352 g/mol. The lowest BCUT2D eigenvalue weighted by molar-refractivity contribution is 0.0791. The predicted octanol–water partition coefficient (Wildman–Crippen LogP) is 3.78. The van der Waals surface area contributed by atoms with Gasteiger partial charge >= 0.3 is 6.09 Å². The van der Waals surface area contributed by atoms with E-state index in [1.54, 1.807) is 12.0 Å². The fourth-order valence-electron chi connectivity index (χ4n) is 4.79. The maximum Gasteiger partial charge on any atom is 0.407 e. The molecule has 5 nitrogen and oxygen atoms in total. The van der Waals surface area contributed by atoms with Gasteiger partial charge in [-0.25, -0.2) is 4.79 Å². The minimum absolute atomic E-state index is 0.135. The summed E-state index contributed by atoms with van der Waals surface area (Å²) in [5.74, 6) is 0.161. The summed E-state index contributed by atoms with van der Waals surface area (Å²) in [5, 5.41) is 13.5. The summed E-state index contributed by atoms with van der Waals surface area (Å²) in [6.45, 7) is 1.09. The van der Waals surface area contributed by atoms with E-state index in [4.69, 9.17) is 4.74 Å². The quantitative estimate of drug-likeness (QED) is 0.879. The number of anilines is 1. The van der Waals surface area contributed by atoms with Crippen LogP contribution in [0, 0.1) is 5.92 Å². The molecule has 3 unspecified atom stereocenters. The summed E-state index contributed by atoms with van der Waals surface area (Å²) >= 11 is 0. The van der Waals surface area contributed by atoms with E-state index in [-0.39, 0.29) is 17.5 Å². The standard InChI is InChI=1S/C21H24N2O3/c1-26-14-21(13-15-7-3-2-4-8-15)17-11-12-23(20(24)25)19(17)16-9-5-6-10-18(16)22-21/h2-10,17,19,22H,11-14H2,1H3,(H,24,25). The third-order valence-electron chi connectivity index (χ3n) is 5.78. The van der Waals surface area contributed by atoms with Gasteiger partial charge in [0.05, 0.1) is 18.2 Å². The van der Waals surface area contributed by atoms with E-state index in [0.29, 0.717) is 13.2 Å². The van der Waals surface area contributed by atoms with Gasteiger partial charge in [-0.05, 0) is 30.0 Å². The van der Waals surface area contributed by atoms with Crippen LogP contribution in [0.15, 0.2) is 54.6 Å². The Bertz CT molecular complexity index is 795. The normalized spacial score (nSPS) is 26.7. The molecule has 0 radical (unpaired) electrons. The molecule has 0 spiro atoms. The van der Waals surface area contributed by atoms with Gasteiger partial charge in [0, 0.05) is 25.3 Å². The lowest BCUT2D eigenvalue weighted by Gasteiger charge is -2.48. The first-order valence-corrected chi connectivity index (χ1v) is 9.04. The highest BCUT2D eigenvalue weighted by molar-refractivity contribution is 5.69. The Labute approximate surface area is 153 Å². The van der Waals surface area contributed by atoms with Crippen LogP contribution in [0.5, 0.6) is 0 Å². The second-order valence-corrected chi connectivity index (χ2v) is 7.28. The van der Waals surface area contributed by atoms with E-state index >= 15 is 0 Å². The number of hydrogen-bond acceptors (Lipinski definition) is 3. The number of carboxylic acid groups (broad SMARTS) is 1. The van der Waals surface area contributed by atoms with E-state index < -0.39 is 6.09 Å². The van der Waals surface area contributed by atoms with Gasteiger partial charge in [-0.2, -0.15) is 0 Å². The molecule has 5 heteroatoms. The van der Waals surface area contributed by atoms with E-state index in [9.17, 15) is 9.90 Å². The number of rotatable bonds is 4. The number of amides is 1. The van der Waals surface area contributed by atoms with Crippen LogP contribution in [0.3, 0.4) is 0 Å². The average Bonchev–Trinajstić information content (AvgIpc) is 3.10. The van der Waals surface area contributed by atoms with Gasteiger partial charge in [-0.15, -0.1) is 0 Å². The number of nitrogens with one attached hydrogen (secondary N) is 1. The first kappa shape index (κ1) is 16.9. The van der Waals surface area contributed by atoms with Crippen LogP contribution in [0.2, 0.25) is 0 Å². The Balaban J connectivity index is 1.81. The Morgan fingerprint density at radius 2 is 1.96 bits per heavy atom. The summed E-state index contributed by atoms with van der Waals surface area (Å²) in [4.78, 5) is 13.5. The highest BCUT2D eigenvalue weighted by Crippen LogP contribution is 2.51. The number of hydrogen-bond donors (Lipinski definition) is 2. The lowest BCUT2D eigenvalue weighted by Crippen LogP contribution is -2.56. The van der Waals surface area contributed by atoms with Gasteiger partial charge in [-0.1, -0.05) is 48.5 Å². The lowest BCUT2D eigenvalue weighted by atomic mass is 9.70. The molecule has 2 aromatic carbocycles. The molecule has 1 saturated heterocycles. The molecule has 2 aliphatic rings. The van der Waals surface area contributed by atoms with Crippen LogP contribution in [0.25, 0.3) is 0 Å². The highest BCUT2D eigenvalue weighted by atomic mass is 16.5. The van der Waals surface area contributed by atoms with E-state index in [0.717, 1.165) is 24.1 Å². The molecule has 0 saturated carbocycles. The Hall–Kier alpha value is -2.53. The van der Waals surface area contributed by atoms with Crippen molar-refractivity contribution in [2.45, 2.75) is 24.4 Å². The summed E-state index contributed by atoms with van der Waals surface area (Å²) in [5.41, 5.74) is 2.97. The number of benzene rings is 2. The Kier molecular flexibility index (Phi) is 4.32. The third kappa shape index (κ3) is 2.72. The maximum absolute atomic E-state index is 11.9. The van der Waals surface area contributed by atoms with Crippen molar-refractivity contribution < 1.29 is 14.6 Å². The molecular formula is C21H24N2O3. The van der Waals surface area contributed by atoms with Crippen LogP contribution < -0.4 is 5.32 Å². The molecule has 2 aliphatic heterocycles. The van der Waals surface area contributed by atoms with Crippen molar-refractivity contribution in [1.29, 1.82) is 0 Å². The second-order valence-electron chi connectivity index (χ2n) is 7.28. The minimum atomic E-state index is -0.847. The van der Waals surface area contributed by atoms with Crippen LogP contribution in [-0.4, -0.2) is 41.9 Å². The Morgan fingerprint density at radius 1 is 1.23 bits per heavy atom. The molecule has 2 heterocycles. The third-order valence-corrected chi connectivity index (χ3v) is 5.78. The van der Waals surface area contributed by atoms with Crippen LogP contribution in [0.4, 0.5) is 10.5 Å². The molecule has 0 bridgehead atoms. The van der Waals surface area contributed by atoms with Crippen LogP contribution >= 0.6 is 0 Å². The summed E-state index contributed by atoms with van der Waals surface area (Å²) < 4.78 is 5.65. The molecule has 3 atom stereocenters. The average molecular weight is 352 g/mol. The van der Waals surface area contributed by atoms with Gasteiger partial charge in [0.1, 0.15) is 0 Å². The number of ether oxygens (including phenoxy) is 1. The van der Waals surface area contributed by atoms with E-state index in [1.807, 2.05) is 42.5 Å². The van der Waals surface area contributed by atoms with Gasteiger partial charge in [-0.3, -0.25) is 0 Å². The van der Waals surface area contributed by atoms with Crippen molar-refractivity contribution in [2.75, 3.05) is 25.6 Å². The van der Waals surface area contributed by atoms with Crippen molar-refractivity contribution in [3.8, 4) is 0 Å². The van der Waals surface area contributed by atoms with Gasteiger partial charge in [0.15, 0.2) is 0 Å². The molecule has 2 N–H and O–H groups in total. The number of carbonyl (C=O) groups is 1.